The van der Waals surface area contributed by atoms with Gasteiger partial charge in [0.05, 0.1) is 12.0 Å². The zero-order valence-electron chi connectivity index (χ0n) is 10.8. The number of methoxy groups -OCH3 is 1. The zero-order chi connectivity index (χ0) is 14.5. The summed E-state index contributed by atoms with van der Waals surface area (Å²) in [7, 11) is 1.35. The van der Waals surface area contributed by atoms with Gasteiger partial charge in [0, 0.05) is 30.4 Å². The van der Waals surface area contributed by atoms with Crippen LogP contribution in [0.25, 0.3) is 0 Å². The SMILES string of the molecule is COc1ccc(C(=O)Cc2ccncc2)cc1[N+](=O)[O-]. The molecule has 0 spiro atoms. The van der Waals surface area contributed by atoms with Gasteiger partial charge in [0.15, 0.2) is 11.5 Å². The first-order valence-electron chi connectivity index (χ1n) is 5.86. The summed E-state index contributed by atoms with van der Waals surface area (Å²) >= 11 is 0. The lowest BCUT2D eigenvalue weighted by atomic mass is 10.0. The molecule has 20 heavy (non-hydrogen) atoms. The van der Waals surface area contributed by atoms with Crippen LogP contribution in [0.3, 0.4) is 0 Å². The van der Waals surface area contributed by atoms with Crippen LogP contribution in [0, 0.1) is 10.1 Å². The van der Waals surface area contributed by atoms with Gasteiger partial charge in [-0.05, 0) is 29.8 Å². The zero-order valence-corrected chi connectivity index (χ0v) is 10.8. The number of ether oxygens (including phenoxy) is 1. The summed E-state index contributed by atoms with van der Waals surface area (Å²) in [6.45, 7) is 0. The second-order valence-electron chi connectivity index (χ2n) is 4.10. The first-order valence-corrected chi connectivity index (χ1v) is 5.86. The van der Waals surface area contributed by atoms with Gasteiger partial charge in [-0.3, -0.25) is 19.9 Å². The van der Waals surface area contributed by atoms with Gasteiger partial charge in [0.1, 0.15) is 0 Å². The molecule has 0 saturated carbocycles. The molecule has 0 saturated heterocycles. The normalized spacial score (nSPS) is 10.1. The van der Waals surface area contributed by atoms with Gasteiger partial charge in [-0.2, -0.15) is 0 Å². The van der Waals surface area contributed by atoms with Crippen LogP contribution >= 0.6 is 0 Å². The minimum Gasteiger partial charge on any atom is -0.490 e. The average Bonchev–Trinajstić information content (AvgIpc) is 2.47. The monoisotopic (exact) mass is 272 g/mol. The fourth-order valence-electron chi connectivity index (χ4n) is 1.79. The molecule has 102 valence electrons. The van der Waals surface area contributed by atoms with Crippen LogP contribution in [0.5, 0.6) is 5.75 Å². The third-order valence-corrected chi connectivity index (χ3v) is 2.81. The van der Waals surface area contributed by atoms with E-state index in [2.05, 4.69) is 4.98 Å². The Hall–Kier alpha value is -2.76. The minimum absolute atomic E-state index is 0.135. The maximum absolute atomic E-state index is 12.1. The number of carbonyl (C=O) groups is 1. The molecule has 6 heteroatoms. The highest BCUT2D eigenvalue weighted by atomic mass is 16.6. The van der Waals surface area contributed by atoms with Crippen LogP contribution in [0.2, 0.25) is 0 Å². The molecule has 0 unspecified atom stereocenters. The van der Waals surface area contributed by atoms with Crippen molar-refractivity contribution in [2.45, 2.75) is 6.42 Å². The maximum Gasteiger partial charge on any atom is 0.311 e. The number of benzene rings is 1. The summed E-state index contributed by atoms with van der Waals surface area (Å²) in [5, 5.41) is 10.9. The Balaban J connectivity index is 2.27. The van der Waals surface area contributed by atoms with Crippen molar-refractivity contribution in [2.75, 3.05) is 7.11 Å². The number of nitrogens with zero attached hydrogens (tertiary/aromatic N) is 2. The highest BCUT2D eigenvalue weighted by Crippen LogP contribution is 2.27. The van der Waals surface area contributed by atoms with Gasteiger partial charge in [-0.15, -0.1) is 0 Å². The smallest absolute Gasteiger partial charge is 0.311 e. The number of hydrogen-bond donors (Lipinski definition) is 0. The molecular formula is C14H12N2O4. The van der Waals surface area contributed by atoms with Crippen molar-refractivity contribution < 1.29 is 14.5 Å². The summed E-state index contributed by atoms with van der Waals surface area (Å²) in [5.41, 5.74) is 0.880. The van der Waals surface area contributed by atoms with Crippen LogP contribution in [0.1, 0.15) is 15.9 Å². The van der Waals surface area contributed by atoms with Crippen LogP contribution in [-0.4, -0.2) is 22.8 Å². The number of nitro benzene ring substituents is 1. The van der Waals surface area contributed by atoms with Crippen LogP contribution < -0.4 is 4.74 Å². The molecule has 0 bridgehead atoms. The quantitative estimate of drug-likeness (QED) is 0.474. The number of aromatic nitrogens is 1. The van der Waals surface area contributed by atoms with Crippen LogP contribution in [0.4, 0.5) is 5.69 Å². The van der Waals surface area contributed by atoms with E-state index in [0.717, 1.165) is 5.56 Å². The van der Waals surface area contributed by atoms with E-state index in [4.69, 9.17) is 4.74 Å². The van der Waals surface area contributed by atoms with E-state index < -0.39 is 4.92 Å². The number of Topliss-reactive ketones (excluding diaryl/α,β-unsaturated/α-hetero) is 1. The third-order valence-electron chi connectivity index (χ3n) is 2.81. The fraction of sp³-hybridized carbons (Fsp3) is 0.143. The second-order valence-corrected chi connectivity index (χ2v) is 4.10. The molecule has 0 radical (unpaired) electrons. The third kappa shape index (κ3) is 2.97. The standard InChI is InChI=1S/C14H12N2O4/c1-20-14-3-2-11(9-12(14)16(18)19)13(17)8-10-4-6-15-7-5-10/h2-7,9H,8H2,1H3. The van der Waals surface area contributed by atoms with E-state index in [1.165, 1.54) is 25.3 Å². The van der Waals surface area contributed by atoms with Gasteiger partial charge in [-0.1, -0.05) is 0 Å². The molecule has 0 N–H and O–H groups in total. The van der Waals surface area contributed by atoms with Crippen molar-refractivity contribution >= 4 is 11.5 Å². The molecule has 1 aromatic carbocycles. The predicted molar refractivity (Wildman–Crippen MR) is 71.9 cm³/mol. The Morgan fingerprint density at radius 3 is 2.60 bits per heavy atom. The molecule has 2 rings (SSSR count). The van der Waals surface area contributed by atoms with Crippen molar-refractivity contribution in [1.82, 2.24) is 4.98 Å². The second kappa shape index (κ2) is 5.92. The average molecular weight is 272 g/mol. The fourth-order valence-corrected chi connectivity index (χ4v) is 1.79. The van der Waals surface area contributed by atoms with Crippen molar-refractivity contribution in [3.8, 4) is 5.75 Å². The van der Waals surface area contributed by atoms with Crippen molar-refractivity contribution in [2.24, 2.45) is 0 Å². The minimum atomic E-state index is -0.567. The van der Waals surface area contributed by atoms with Gasteiger partial charge in [-0.25, -0.2) is 0 Å². The molecule has 1 aromatic heterocycles. The Labute approximate surface area is 115 Å². The number of carbonyl (C=O) groups excluding carboxylic acids is 1. The van der Waals surface area contributed by atoms with Gasteiger partial charge in [0.25, 0.3) is 0 Å². The molecule has 0 atom stereocenters. The Bertz CT molecular complexity index is 641. The van der Waals surface area contributed by atoms with E-state index in [-0.39, 0.29) is 29.2 Å². The number of hydrogen-bond acceptors (Lipinski definition) is 5. The Morgan fingerprint density at radius 2 is 2.00 bits per heavy atom. The highest BCUT2D eigenvalue weighted by molar-refractivity contribution is 5.98. The number of ketones is 1. The molecule has 0 aliphatic carbocycles. The summed E-state index contributed by atoms with van der Waals surface area (Å²) in [4.78, 5) is 26.3. The van der Waals surface area contributed by atoms with Crippen LogP contribution in [0.15, 0.2) is 42.7 Å². The largest absolute Gasteiger partial charge is 0.490 e. The molecule has 6 nitrogen and oxygen atoms in total. The Kier molecular flexibility index (Phi) is 4.05. The Morgan fingerprint density at radius 1 is 1.30 bits per heavy atom. The van der Waals surface area contributed by atoms with E-state index in [1.54, 1.807) is 24.5 Å². The molecule has 0 amide bonds. The summed E-state index contributed by atoms with van der Waals surface area (Å²) in [5.74, 6) is -0.0579. The van der Waals surface area contributed by atoms with Crippen molar-refractivity contribution in [3.05, 3.63) is 64.0 Å². The maximum atomic E-state index is 12.1. The molecule has 0 fully saturated rings. The number of nitro groups is 1. The predicted octanol–water partition coefficient (Wildman–Crippen LogP) is 2.42. The van der Waals surface area contributed by atoms with Crippen molar-refractivity contribution in [1.29, 1.82) is 0 Å². The lowest BCUT2D eigenvalue weighted by molar-refractivity contribution is -0.385. The first kappa shape index (κ1) is 13.7. The summed E-state index contributed by atoms with van der Waals surface area (Å²) in [6.07, 6.45) is 3.37. The van der Waals surface area contributed by atoms with E-state index in [1.807, 2.05) is 0 Å². The van der Waals surface area contributed by atoms with Crippen LogP contribution in [-0.2, 0) is 6.42 Å². The van der Waals surface area contributed by atoms with Gasteiger partial charge < -0.3 is 4.74 Å². The lowest BCUT2D eigenvalue weighted by Gasteiger charge is -2.04. The lowest BCUT2D eigenvalue weighted by Crippen LogP contribution is -2.05. The molecule has 0 aliphatic rings. The molecule has 2 aromatic rings. The summed E-state index contributed by atoms with van der Waals surface area (Å²) < 4.78 is 4.90. The number of rotatable bonds is 5. The highest BCUT2D eigenvalue weighted by Gasteiger charge is 2.18. The van der Waals surface area contributed by atoms with E-state index in [9.17, 15) is 14.9 Å². The molecule has 1 heterocycles. The van der Waals surface area contributed by atoms with Gasteiger partial charge in [0.2, 0.25) is 0 Å². The van der Waals surface area contributed by atoms with Crippen molar-refractivity contribution in [3.63, 3.8) is 0 Å². The first-order chi connectivity index (χ1) is 9.61. The summed E-state index contributed by atoms with van der Waals surface area (Å²) in [6, 6.07) is 7.65. The topological polar surface area (TPSA) is 82.3 Å². The molecule has 0 aliphatic heterocycles. The van der Waals surface area contributed by atoms with E-state index >= 15 is 0 Å². The van der Waals surface area contributed by atoms with E-state index in [0.29, 0.717) is 0 Å². The van der Waals surface area contributed by atoms with Gasteiger partial charge >= 0.3 is 5.69 Å². The molecular weight excluding hydrogens is 260 g/mol. The number of pyridine rings is 1.